The minimum absolute atomic E-state index is 0.158. The molecule has 0 unspecified atom stereocenters. The molecule has 0 N–H and O–H groups in total. The Morgan fingerprint density at radius 2 is 1.71 bits per heavy atom. The first-order valence-corrected chi connectivity index (χ1v) is 8.29. The molecule has 0 radical (unpaired) electrons. The third kappa shape index (κ3) is 4.15. The van der Waals surface area contributed by atoms with Crippen molar-refractivity contribution in [1.82, 2.24) is 0 Å². The molecule has 2 aromatic rings. The molecule has 3 rings (SSSR count). The Balaban J connectivity index is 1.52. The van der Waals surface area contributed by atoms with Crippen LogP contribution in [0.5, 0.6) is 0 Å². The van der Waals surface area contributed by atoms with E-state index in [2.05, 4.69) is 0 Å². The number of hydrogen-bond donors (Lipinski definition) is 0. The Bertz CT molecular complexity index is 725. The highest BCUT2D eigenvalue weighted by atomic mass is 35.5. The van der Waals surface area contributed by atoms with E-state index in [9.17, 15) is 9.59 Å². The predicted molar refractivity (Wildman–Crippen MR) is 93.0 cm³/mol. The fourth-order valence-corrected chi connectivity index (χ4v) is 2.80. The minimum Gasteiger partial charge on any atom is -0.461 e. The lowest BCUT2D eigenvalue weighted by molar-refractivity contribution is -0.144. The van der Waals surface area contributed by atoms with Gasteiger partial charge in [0.2, 0.25) is 5.91 Å². The molecule has 1 aliphatic rings. The highest BCUT2D eigenvalue weighted by Gasteiger charge is 2.21. The average molecular weight is 344 g/mol. The highest BCUT2D eigenvalue weighted by molar-refractivity contribution is 6.30. The van der Waals surface area contributed by atoms with E-state index in [0.29, 0.717) is 11.4 Å². The predicted octanol–water partition coefficient (Wildman–Crippen LogP) is 3.75. The van der Waals surface area contributed by atoms with Crippen LogP contribution in [0.15, 0.2) is 48.5 Å². The van der Waals surface area contributed by atoms with E-state index in [0.717, 1.165) is 29.8 Å². The molecule has 1 heterocycles. The van der Waals surface area contributed by atoms with Gasteiger partial charge < -0.3 is 9.64 Å². The van der Waals surface area contributed by atoms with Crippen LogP contribution >= 0.6 is 11.6 Å². The van der Waals surface area contributed by atoms with Gasteiger partial charge in [0.05, 0.1) is 6.42 Å². The van der Waals surface area contributed by atoms with E-state index in [1.54, 1.807) is 17.0 Å². The van der Waals surface area contributed by atoms with E-state index in [1.807, 2.05) is 36.4 Å². The number of hydrogen-bond acceptors (Lipinski definition) is 3. The normalized spacial score (nSPS) is 14.0. The molecule has 1 amide bonds. The second-order valence-corrected chi connectivity index (χ2v) is 6.22. The maximum Gasteiger partial charge on any atom is 0.310 e. The van der Waals surface area contributed by atoms with Crippen LogP contribution in [0.3, 0.4) is 0 Å². The number of esters is 1. The van der Waals surface area contributed by atoms with Crippen molar-refractivity contribution in [3.63, 3.8) is 0 Å². The number of carbonyl (C=O) groups excluding carboxylic acids is 2. The SMILES string of the molecule is O=C(Cc1ccc(N2CCCC2=O)cc1)OCc1ccc(Cl)cc1. The number of carbonyl (C=O) groups is 2. The van der Waals surface area contributed by atoms with Gasteiger partial charge in [0.1, 0.15) is 6.61 Å². The Hall–Kier alpha value is -2.33. The zero-order valence-electron chi connectivity index (χ0n) is 13.2. The smallest absolute Gasteiger partial charge is 0.310 e. The first-order chi connectivity index (χ1) is 11.6. The summed E-state index contributed by atoms with van der Waals surface area (Å²) < 4.78 is 5.27. The van der Waals surface area contributed by atoms with Crippen LogP contribution in [-0.4, -0.2) is 18.4 Å². The number of ether oxygens (including phenoxy) is 1. The Morgan fingerprint density at radius 1 is 1.04 bits per heavy atom. The van der Waals surface area contributed by atoms with Crippen LogP contribution in [0.2, 0.25) is 5.02 Å². The zero-order chi connectivity index (χ0) is 16.9. The van der Waals surface area contributed by atoms with Crippen LogP contribution in [0.4, 0.5) is 5.69 Å². The standard InChI is InChI=1S/C19H18ClNO3/c20-16-7-3-15(4-8-16)13-24-19(23)12-14-5-9-17(10-6-14)21-11-1-2-18(21)22/h3-10H,1-2,11-13H2. The summed E-state index contributed by atoms with van der Waals surface area (Å²) in [4.78, 5) is 25.4. The van der Waals surface area contributed by atoms with Crippen molar-refractivity contribution in [2.45, 2.75) is 25.9 Å². The maximum atomic E-state index is 11.9. The second-order valence-electron chi connectivity index (χ2n) is 5.78. The summed E-state index contributed by atoms with van der Waals surface area (Å²) in [5.74, 6) is -0.125. The molecular weight excluding hydrogens is 326 g/mol. The van der Waals surface area contributed by atoms with Gasteiger partial charge in [0.25, 0.3) is 0 Å². The average Bonchev–Trinajstić information content (AvgIpc) is 3.01. The molecule has 1 saturated heterocycles. The Labute approximate surface area is 146 Å². The topological polar surface area (TPSA) is 46.6 Å². The van der Waals surface area contributed by atoms with Gasteiger partial charge in [-0.1, -0.05) is 35.9 Å². The molecule has 0 spiro atoms. The number of anilines is 1. The number of benzene rings is 2. The third-order valence-electron chi connectivity index (χ3n) is 3.98. The summed E-state index contributed by atoms with van der Waals surface area (Å²) in [7, 11) is 0. The molecule has 124 valence electrons. The first kappa shape index (κ1) is 16.5. The monoisotopic (exact) mass is 343 g/mol. The van der Waals surface area contributed by atoms with Crippen molar-refractivity contribution in [1.29, 1.82) is 0 Å². The fourth-order valence-electron chi connectivity index (χ4n) is 2.68. The van der Waals surface area contributed by atoms with Gasteiger partial charge in [-0.15, -0.1) is 0 Å². The molecule has 1 aliphatic heterocycles. The number of halogens is 1. The van der Waals surface area contributed by atoms with Gasteiger partial charge in [-0.3, -0.25) is 9.59 Å². The summed E-state index contributed by atoms with van der Waals surface area (Å²) in [6, 6.07) is 14.7. The van der Waals surface area contributed by atoms with E-state index >= 15 is 0 Å². The van der Waals surface area contributed by atoms with Crippen LogP contribution < -0.4 is 4.90 Å². The van der Waals surface area contributed by atoms with Crippen LogP contribution in [0, 0.1) is 0 Å². The molecule has 0 atom stereocenters. The van der Waals surface area contributed by atoms with Gasteiger partial charge in [-0.2, -0.15) is 0 Å². The molecule has 0 aromatic heterocycles. The minimum atomic E-state index is -0.282. The summed E-state index contributed by atoms with van der Waals surface area (Å²) in [5, 5.41) is 0.654. The molecule has 24 heavy (non-hydrogen) atoms. The van der Waals surface area contributed by atoms with Gasteiger partial charge in [0.15, 0.2) is 0 Å². The third-order valence-corrected chi connectivity index (χ3v) is 4.23. The number of rotatable bonds is 5. The van der Waals surface area contributed by atoms with E-state index in [4.69, 9.17) is 16.3 Å². The van der Waals surface area contributed by atoms with Gasteiger partial charge in [-0.05, 0) is 41.8 Å². The maximum absolute atomic E-state index is 11.9. The van der Waals surface area contributed by atoms with Gasteiger partial charge in [-0.25, -0.2) is 0 Å². The quantitative estimate of drug-likeness (QED) is 0.777. The van der Waals surface area contributed by atoms with Crippen LogP contribution in [-0.2, 0) is 27.4 Å². The zero-order valence-corrected chi connectivity index (χ0v) is 14.0. The molecule has 0 saturated carbocycles. The Kier molecular flexibility index (Phi) is 5.16. The van der Waals surface area contributed by atoms with Crippen molar-refractivity contribution >= 4 is 29.2 Å². The lowest BCUT2D eigenvalue weighted by atomic mass is 10.1. The van der Waals surface area contributed by atoms with Crippen LogP contribution in [0.1, 0.15) is 24.0 Å². The summed E-state index contributed by atoms with van der Waals surface area (Å²) in [6.45, 7) is 0.998. The van der Waals surface area contributed by atoms with Gasteiger partial charge in [0, 0.05) is 23.7 Å². The molecule has 0 bridgehead atoms. The number of amides is 1. The molecule has 4 nitrogen and oxygen atoms in total. The van der Waals surface area contributed by atoms with Crippen molar-refractivity contribution in [2.24, 2.45) is 0 Å². The van der Waals surface area contributed by atoms with Crippen molar-refractivity contribution < 1.29 is 14.3 Å². The fraction of sp³-hybridized carbons (Fsp3) is 0.263. The largest absolute Gasteiger partial charge is 0.461 e. The van der Waals surface area contributed by atoms with E-state index < -0.39 is 0 Å². The van der Waals surface area contributed by atoms with Crippen molar-refractivity contribution in [3.8, 4) is 0 Å². The lowest BCUT2D eigenvalue weighted by Crippen LogP contribution is -2.23. The van der Waals surface area contributed by atoms with Crippen LogP contribution in [0.25, 0.3) is 0 Å². The molecular formula is C19H18ClNO3. The summed E-state index contributed by atoms with van der Waals surface area (Å²) in [5.41, 5.74) is 2.65. The molecule has 5 heteroatoms. The first-order valence-electron chi connectivity index (χ1n) is 7.91. The van der Waals surface area contributed by atoms with E-state index in [1.165, 1.54) is 0 Å². The number of nitrogens with zero attached hydrogens (tertiary/aromatic N) is 1. The van der Waals surface area contributed by atoms with E-state index in [-0.39, 0.29) is 24.9 Å². The molecule has 0 aliphatic carbocycles. The van der Waals surface area contributed by atoms with Crippen molar-refractivity contribution in [2.75, 3.05) is 11.4 Å². The molecule has 2 aromatic carbocycles. The molecule has 1 fully saturated rings. The highest BCUT2D eigenvalue weighted by Crippen LogP contribution is 2.21. The van der Waals surface area contributed by atoms with Gasteiger partial charge >= 0.3 is 5.97 Å². The summed E-state index contributed by atoms with van der Waals surface area (Å²) >= 11 is 5.82. The summed E-state index contributed by atoms with van der Waals surface area (Å²) in [6.07, 6.45) is 1.72. The lowest BCUT2D eigenvalue weighted by Gasteiger charge is -2.15. The Morgan fingerprint density at radius 3 is 2.33 bits per heavy atom. The second kappa shape index (κ2) is 7.49. The van der Waals surface area contributed by atoms with Crippen molar-refractivity contribution in [3.05, 3.63) is 64.7 Å².